The number of carbonyl (C=O) groups is 3. The van der Waals surface area contributed by atoms with E-state index in [0.29, 0.717) is 13.0 Å². The number of rotatable bonds is 7. The molecule has 1 heterocycles. The van der Waals surface area contributed by atoms with Gasteiger partial charge in [0.05, 0.1) is 6.54 Å². The lowest BCUT2D eigenvalue weighted by Gasteiger charge is -2.29. The van der Waals surface area contributed by atoms with Gasteiger partial charge in [0, 0.05) is 19.6 Å². The van der Waals surface area contributed by atoms with Crippen LogP contribution in [-0.2, 0) is 14.3 Å². The molecule has 0 bridgehead atoms. The highest BCUT2D eigenvalue weighted by Gasteiger charge is 2.29. The highest BCUT2D eigenvalue weighted by molar-refractivity contribution is 5.89. The fraction of sp³-hybridized carbons (Fsp3) is 0.833. The Balaban J connectivity index is 2.69. The van der Waals surface area contributed by atoms with Gasteiger partial charge in [-0.3, -0.25) is 9.59 Å². The first kappa shape index (κ1) is 21.3. The lowest BCUT2D eigenvalue weighted by atomic mass is 10.1. The van der Waals surface area contributed by atoms with Crippen LogP contribution in [0, 0.1) is 0 Å². The van der Waals surface area contributed by atoms with E-state index in [1.807, 2.05) is 13.8 Å². The summed E-state index contributed by atoms with van der Waals surface area (Å²) in [6.07, 6.45) is 2.67. The third-order valence-electron chi connectivity index (χ3n) is 4.04. The molecule has 0 saturated carbocycles. The average Bonchev–Trinajstić information content (AvgIpc) is 3.04. The van der Waals surface area contributed by atoms with Crippen LogP contribution in [0.2, 0.25) is 0 Å². The van der Waals surface area contributed by atoms with Crippen molar-refractivity contribution in [2.45, 2.75) is 71.9 Å². The smallest absolute Gasteiger partial charge is 0.408 e. The molecular weight excluding hydrogens is 322 g/mol. The number of carbonyl (C=O) groups excluding carboxylic acids is 3. The van der Waals surface area contributed by atoms with Crippen molar-refractivity contribution in [2.75, 3.05) is 26.2 Å². The van der Waals surface area contributed by atoms with E-state index in [-0.39, 0.29) is 18.4 Å². The summed E-state index contributed by atoms with van der Waals surface area (Å²) in [4.78, 5) is 40.5. The van der Waals surface area contributed by atoms with Gasteiger partial charge < -0.3 is 19.9 Å². The van der Waals surface area contributed by atoms with Crippen molar-refractivity contribution in [3.05, 3.63) is 0 Å². The Morgan fingerprint density at radius 1 is 1.16 bits per heavy atom. The van der Waals surface area contributed by atoms with Crippen molar-refractivity contribution in [1.29, 1.82) is 0 Å². The zero-order valence-corrected chi connectivity index (χ0v) is 16.3. The van der Waals surface area contributed by atoms with Gasteiger partial charge >= 0.3 is 6.09 Å². The Kier molecular flexibility index (Phi) is 8.19. The van der Waals surface area contributed by atoms with Crippen molar-refractivity contribution in [3.63, 3.8) is 0 Å². The number of likely N-dealkylation sites (N-methyl/N-ethyl adjacent to an activating group) is 1. The molecule has 0 radical (unpaired) electrons. The van der Waals surface area contributed by atoms with Crippen LogP contribution >= 0.6 is 0 Å². The van der Waals surface area contributed by atoms with E-state index >= 15 is 0 Å². The lowest BCUT2D eigenvalue weighted by Crippen LogP contribution is -2.52. The summed E-state index contributed by atoms with van der Waals surface area (Å²) in [5, 5.41) is 2.65. The first-order valence-electron chi connectivity index (χ1n) is 9.24. The van der Waals surface area contributed by atoms with Gasteiger partial charge in [0.1, 0.15) is 11.6 Å². The summed E-state index contributed by atoms with van der Waals surface area (Å²) >= 11 is 0. The first-order chi connectivity index (χ1) is 11.7. The maximum atomic E-state index is 12.8. The molecule has 3 amide bonds. The number of amides is 3. The van der Waals surface area contributed by atoms with E-state index in [1.54, 1.807) is 25.7 Å². The van der Waals surface area contributed by atoms with Crippen LogP contribution in [0.15, 0.2) is 0 Å². The Bertz CT molecular complexity index is 467. The molecule has 1 unspecified atom stereocenters. The first-order valence-corrected chi connectivity index (χ1v) is 9.24. The minimum Gasteiger partial charge on any atom is -0.444 e. The second-order valence-corrected chi connectivity index (χ2v) is 7.43. The van der Waals surface area contributed by atoms with Gasteiger partial charge in [-0.15, -0.1) is 0 Å². The third-order valence-corrected chi connectivity index (χ3v) is 4.04. The number of nitrogens with zero attached hydrogens (tertiary/aromatic N) is 2. The number of alkyl carbamates (subject to hydrolysis) is 1. The third kappa shape index (κ3) is 7.32. The summed E-state index contributed by atoms with van der Waals surface area (Å²) in [6, 6.07) is -0.675. The van der Waals surface area contributed by atoms with Crippen LogP contribution in [0.25, 0.3) is 0 Å². The predicted molar refractivity (Wildman–Crippen MR) is 96.1 cm³/mol. The lowest BCUT2D eigenvalue weighted by molar-refractivity contribution is -0.141. The van der Waals surface area contributed by atoms with Crippen molar-refractivity contribution in [3.8, 4) is 0 Å². The van der Waals surface area contributed by atoms with E-state index in [9.17, 15) is 14.4 Å². The molecule has 0 aliphatic carbocycles. The molecule has 25 heavy (non-hydrogen) atoms. The van der Waals surface area contributed by atoms with E-state index in [1.165, 1.54) is 4.90 Å². The van der Waals surface area contributed by atoms with Gasteiger partial charge in [0.25, 0.3) is 0 Å². The SMILES string of the molecule is CCCC(NC(=O)OC(C)(C)C)C(=O)N(CC)CC(=O)N1CCCC1. The predicted octanol–water partition coefficient (Wildman–Crippen LogP) is 2.15. The molecule has 1 saturated heterocycles. The molecule has 0 aromatic carbocycles. The van der Waals surface area contributed by atoms with Gasteiger partial charge in [-0.1, -0.05) is 13.3 Å². The molecule has 1 aliphatic rings. The molecule has 144 valence electrons. The highest BCUT2D eigenvalue weighted by atomic mass is 16.6. The molecule has 1 N–H and O–H groups in total. The van der Waals surface area contributed by atoms with Gasteiger partial charge in [0.15, 0.2) is 0 Å². The standard InChI is InChI=1S/C18H33N3O4/c1-6-10-14(19-17(24)25-18(3,4)5)16(23)20(7-2)13-15(22)21-11-8-9-12-21/h14H,6-13H2,1-5H3,(H,19,24). The van der Waals surface area contributed by atoms with Crippen LogP contribution in [-0.4, -0.2) is 65.5 Å². The Hall–Kier alpha value is -1.79. The quantitative estimate of drug-likeness (QED) is 0.759. The van der Waals surface area contributed by atoms with Gasteiger partial charge in [0.2, 0.25) is 11.8 Å². The monoisotopic (exact) mass is 355 g/mol. The van der Waals surface area contributed by atoms with E-state index in [0.717, 1.165) is 32.4 Å². The molecule has 7 nitrogen and oxygen atoms in total. The summed E-state index contributed by atoms with van der Waals surface area (Å²) in [5.74, 6) is -0.261. The molecule has 0 aromatic rings. The topological polar surface area (TPSA) is 79.0 Å². The Labute approximate surface area is 151 Å². The fourth-order valence-electron chi connectivity index (χ4n) is 2.79. The normalized spacial score (nSPS) is 15.6. The van der Waals surface area contributed by atoms with E-state index in [2.05, 4.69) is 5.32 Å². The second kappa shape index (κ2) is 9.63. The number of likely N-dealkylation sites (tertiary alicyclic amines) is 1. The van der Waals surface area contributed by atoms with Crippen molar-refractivity contribution in [2.24, 2.45) is 0 Å². The second-order valence-electron chi connectivity index (χ2n) is 7.43. The summed E-state index contributed by atoms with van der Waals surface area (Å²) in [7, 11) is 0. The fourth-order valence-corrected chi connectivity index (χ4v) is 2.79. The number of hydrogen-bond donors (Lipinski definition) is 1. The zero-order valence-electron chi connectivity index (χ0n) is 16.3. The van der Waals surface area contributed by atoms with Crippen LogP contribution in [0.3, 0.4) is 0 Å². The molecule has 7 heteroatoms. The minimum atomic E-state index is -0.675. The van der Waals surface area contributed by atoms with Crippen molar-refractivity contribution < 1.29 is 19.1 Å². The van der Waals surface area contributed by atoms with Gasteiger partial charge in [-0.05, 0) is 47.0 Å². The minimum absolute atomic E-state index is 0.0276. The molecule has 0 aromatic heterocycles. The molecule has 1 fully saturated rings. The number of hydrogen-bond acceptors (Lipinski definition) is 4. The van der Waals surface area contributed by atoms with E-state index in [4.69, 9.17) is 4.74 Å². The zero-order chi connectivity index (χ0) is 19.0. The van der Waals surface area contributed by atoms with Crippen molar-refractivity contribution >= 4 is 17.9 Å². The Morgan fingerprint density at radius 3 is 2.24 bits per heavy atom. The number of ether oxygens (including phenoxy) is 1. The van der Waals surface area contributed by atoms with Gasteiger partial charge in [-0.25, -0.2) is 4.79 Å². The summed E-state index contributed by atoms with van der Waals surface area (Å²) in [6.45, 7) is 11.1. The molecular formula is C18H33N3O4. The maximum Gasteiger partial charge on any atom is 0.408 e. The molecule has 0 spiro atoms. The van der Waals surface area contributed by atoms with Crippen LogP contribution in [0.4, 0.5) is 4.79 Å². The largest absolute Gasteiger partial charge is 0.444 e. The molecule has 1 aliphatic heterocycles. The Morgan fingerprint density at radius 2 is 1.76 bits per heavy atom. The number of nitrogens with one attached hydrogen (secondary N) is 1. The highest BCUT2D eigenvalue weighted by Crippen LogP contribution is 2.11. The molecule has 1 rings (SSSR count). The van der Waals surface area contributed by atoms with Crippen LogP contribution in [0.1, 0.15) is 60.3 Å². The molecule has 1 atom stereocenters. The average molecular weight is 355 g/mol. The van der Waals surface area contributed by atoms with Crippen LogP contribution in [0.5, 0.6) is 0 Å². The van der Waals surface area contributed by atoms with E-state index < -0.39 is 17.7 Å². The summed E-state index contributed by atoms with van der Waals surface area (Å²) < 4.78 is 5.24. The van der Waals surface area contributed by atoms with Gasteiger partial charge in [-0.2, -0.15) is 0 Å². The van der Waals surface area contributed by atoms with Crippen molar-refractivity contribution in [1.82, 2.24) is 15.1 Å². The van der Waals surface area contributed by atoms with Crippen LogP contribution < -0.4 is 5.32 Å². The summed E-state index contributed by atoms with van der Waals surface area (Å²) in [5.41, 5.74) is -0.625. The maximum absolute atomic E-state index is 12.8.